The van der Waals surface area contributed by atoms with Gasteiger partial charge in [-0.3, -0.25) is 14.5 Å². The first kappa shape index (κ1) is 17.0. The number of carbonyl (C=O) groups is 3. The summed E-state index contributed by atoms with van der Waals surface area (Å²) in [4.78, 5) is 41.8. The van der Waals surface area contributed by atoms with Gasteiger partial charge in [-0.1, -0.05) is 0 Å². The monoisotopic (exact) mass is 343 g/mol. The molecule has 7 nitrogen and oxygen atoms in total. The van der Waals surface area contributed by atoms with Crippen LogP contribution in [0.25, 0.3) is 0 Å². The van der Waals surface area contributed by atoms with E-state index in [1.165, 1.54) is 0 Å². The fourth-order valence-corrected chi connectivity index (χ4v) is 3.39. The maximum atomic E-state index is 12.9. The zero-order chi connectivity index (χ0) is 18.5. The fraction of sp³-hybridized carbons (Fsp3) is 0.389. The number of carbonyl (C=O) groups excluding carboxylic acids is 3. The molecular weight excluding hydrogens is 322 g/mol. The fourth-order valence-electron chi connectivity index (χ4n) is 3.39. The number of nitrogens with one attached hydrogen (secondary N) is 2. The van der Waals surface area contributed by atoms with E-state index in [4.69, 9.17) is 4.42 Å². The minimum absolute atomic E-state index is 0.283. The highest BCUT2D eigenvalue weighted by Gasteiger charge is 2.51. The Labute approximate surface area is 145 Å². The van der Waals surface area contributed by atoms with Crippen molar-refractivity contribution >= 4 is 17.7 Å². The first-order chi connectivity index (χ1) is 11.6. The molecular formula is C18H21N3O4. The smallest absolute Gasteiger partial charge is 0.325 e. The number of amides is 3. The Kier molecular flexibility index (Phi) is 3.82. The molecule has 3 rings (SSSR count). The summed E-state index contributed by atoms with van der Waals surface area (Å²) >= 11 is 0. The van der Waals surface area contributed by atoms with E-state index < -0.39 is 17.5 Å². The first-order valence-electron chi connectivity index (χ1n) is 8.04. The lowest BCUT2D eigenvalue weighted by Gasteiger charge is -2.21. The Balaban J connectivity index is 1.88. The number of H-pyrrole nitrogens is 1. The van der Waals surface area contributed by atoms with Crippen molar-refractivity contribution in [1.29, 1.82) is 0 Å². The van der Waals surface area contributed by atoms with Gasteiger partial charge in [-0.05, 0) is 46.8 Å². The van der Waals surface area contributed by atoms with Gasteiger partial charge in [-0.2, -0.15) is 0 Å². The lowest BCUT2D eigenvalue weighted by Crippen LogP contribution is -2.41. The maximum absolute atomic E-state index is 12.9. The van der Waals surface area contributed by atoms with Crippen LogP contribution in [0.1, 0.15) is 45.8 Å². The van der Waals surface area contributed by atoms with Crippen LogP contribution in [-0.2, 0) is 10.3 Å². The summed E-state index contributed by atoms with van der Waals surface area (Å²) in [6, 6.07) is 2.88. The van der Waals surface area contributed by atoms with Gasteiger partial charge in [0.2, 0.25) is 0 Å². The average Bonchev–Trinajstić information content (AvgIpc) is 3.10. The van der Waals surface area contributed by atoms with Crippen molar-refractivity contribution in [2.75, 3.05) is 6.54 Å². The van der Waals surface area contributed by atoms with Gasteiger partial charge in [0.15, 0.2) is 5.78 Å². The highest BCUT2D eigenvalue weighted by Crippen LogP contribution is 2.33. The van der Waals surface area contributed by atoms with Gasteiger partial charge in [-0.25, -0.2) is 4.79 Å². The molecule has 132 valence electrons. The van der Waals surface area contributed by atoms with Crippen molar-refractivity contribution < 1.29 is 18.8 Å². The molecule has 0 radical (unpaired) electrons. The molecule has 0 aliphatic carbocycles. The zero-order valence-corrected chi connectivity index (χ0v) is 14.9. The van der Waals surface area contributed by atoms with Crippen LogP contribution in [0.2, 0.25) is 0 Å². The molecule has 25 heavy (non-hydrogen) atoms. The SMILES string of the molecule is Cc1cc(C(=O)CN2C(=O)NC(C)(c3cc(C)oc3C)C2=O)c(C)[nH]1. The molecule has 0 bridgehead atoms. The molecule has 2 N–H and O–H groups in total. The number of furan rings is 1. The number of hydrogen-bond donors (Lipinski definition) is 2. The standard InChI is InChI=1S/C18H21N3O4/c1-9-6-13(11(3)19-9)15(22)8-21-16(23)18(5,20-17(21)24)14-7-10(2)25-12(14)4/h6-7,19H,8H2,1-5H3,(H,20,24). The molecule has 2 aromatic heterocycles. The lowest BCUT2D eigenvalue weighted by molar-refractivity contribution is -0.130. The largest absolute Gasteiger partial charge is 0.466 e. The van der Waals surface area contributed by atoms with Gasteiger partial charge < -0.3 is 14.7 Å². The van der Waals surface area contributed by atoms with Gasteiger partial charge in [-0.15, -0.1) is 0 Å². The third-order valence-corrected chi connectivity index (χ3v) is 4.61. The van der Waals surface area contributed by atoms with E-state index in [0.29, 0.717) is 22.6 Å². The average molecular weight is 343 g/mol. The molecule has 1 unspecified atom stereocenters. The van der Waals surface area contributed by atoms with E-state index in [-0.39, 0.29) is 12.3 Å². The van der Waals surface area contributed by atoms with E-state index in [1.807, 2.05) is 6.92 Å². The van der Waals surface area contributed by atoms with Crippen molar-refractivity contribution in [2.24, 2.45) is 0 Å². The molecule has 3 amide bonds. The number of Topliss-reactive ketones (excluding diaryl/α,β-unsaturated/α-hetero) is 1. The first-order valence-corrected chi connectivity index (χ1v) is 8.04. The second kappa shape index (κ2) is 5.61. The number of nitrogens with zero attached hydrogens (tertiary/aromatic N) is 1. The number of urea groups is 1. The Hall–Kier alpha value is -2.83. The van der Waals surface area contributed by atoms with Crippen LogP contribution in [-0.4, -0.2) is 34.2 Å². The normalized spacial score (nSPS) is 20.3. The number of imide groups is 1. The number of ketones is 1. The third kappa shape index (κ3) is 2.65. The van der Waals surface area contributed by atoms with E-state index in [2.05, 4.69) is 10.3 Å². The maximum Gasteiger partial charge on any atom is 0.325 e. The van der Waals surface area contributed by atoms with Crippen molar-refractivity contribution in [3.8, 4) is 0 Å². The van der Waals surface area contributed by atoms with Gasteiger partial charge in [0.25, 0.3) is 5.91 Å². The molecule has 1 aliphatic rings. The summed E-state index contributed by atoms with van der Waals surface area (Å²) < 4.78 is 5.49. The summed E-state index contributed by atoms with van der Waals surface area (Å²) in [5.41, 5.74) is 1.43. The van der Waals surface area contributed by atoms with Gasteiger partial charge in [0.05, 0.1) is 6.54 Å². The van der Waals surface area contributed by atoms with Gasteiger partial charge in [0.1, 0.15) is 17.1 Å². The quantitative estimate of drug-likeness (QED) is 0.658. The van der Waals surface area contributed by atoms with Gasteiger partial charge in [0, 0.05) is 22.5 Å². The van der Waals surface area contributed by atoms with Crippen LogP contribution in [0.3, 0.4) is 0 Å². The summed E-state index contributed by atoms with van der Waals surface area (Å²) in [7, 11) is 0. The van der Waals surface area contributed by atoms with Crippen LogP contribution in [0.5, 0.6) is 0 Å². The molecule has 1 aliphatic heterocycles. The van der Waals surface area contributed by atoms with Crippen LogP contribution in [0.15, 0.2) is 16.5 Å². The van der Waals surface area contributed by atoms with Crippen molar-refractivity contribution in [3.63, 3.8) is 0 Å². The number of rotatable bonds is 4. The Morgan fingerprint density at radius 2 is 1.88 bits per heavy atom. The summed E-state index contributed by atoms with van der Waals surface area (Å²) in [5.74, 6) is 0.483. The molecule has 1 saturated heterocycles. The third-order valence-electron chi connectivity index (χ3n) is 4.61. The number of aryl methyl sites for hydroxylation is 4. The van der Waals surface area contributed by atoms with Crippen molar-refractivity contribution in [2.45, 2.75) is 40.2 Å². The minimum atomic E-state index is -1.23. The van der Waals surface area contributed by atoms with Crippen LogP contribution in [0.4, 0.5) is 4.79 Å². The predicted molar refractivity (Wildman–Crippen MR) is 90.4 cm³/mol. The van der Waals surface area contributed by atoms with Gasteiger partial charge >= 0.3 is 6.03 Å². The predicted octanol–water partition coefficient (Wildman–Crippen LogP) is 2.49. The highest BCUT2D eigenvalue weighted by atomic mass is 16.3. The summed E-state index contributed by atoms with van der Waals surface area (Å²) in [6.45, 7) is 8.48. The van der Waals surface area contributed by atoms with E-state index in [0.717, 1.165) is 16.3 Å². The van der Waals surface area contributed by atoms with E-state index >= 15 is 0 Å². The molecule has 2 aromatic rings. The summed E-state index contributed by atoms with van der Waals surface area (Å²) in [6.07, 6.45) is 0. The van der Waals surface area contributed by atoms with E-state index in [9.17, 15) is 14.4 Å². The van der Waals surface area contributed by atoms with Crippen LogP contribution < -0.4 is 5.32 Å². The van der Waals surface area contributed by atoms with Crippen molar-refractivity contribution in [3.05, 3.63) is 46.2 Å². The molecule has 0 spiro atoms. The van der Waals surface area contributed by atoms with Crippen LogP contribution >= 0.6 is 0 Å². The minimum Gasteiger partial charge on any atom is -0.466 e. The number of aromatic nitrogens is 1. The molecule has 3 heterocycles. The topological polar surface area (TPSA) is 95.4 Å². The highest BCUT2D eigenvalue weighted by molar-refractivity contribution is 6.11. The second-order valence-electron chi connectivity index (χ2n) is 6.69. The lowest BCUT2D eigenvalue weighted by atomic mass is 9.92. The number of hydrogen-bond acceptors (Lipinski definition) is 4. The molecule has 0 saturated carbocycles. The Bertz CT molecular complexity index is 892. The Morgan fingerprint density at radius 3 is 2.40 bits per heavy atom. The molecule has 1 fully saturated rings. The van der Waals surface area contributed by atoms with E-state index in [1.54, 1.807) is 39.8 Å². The summed E-state index contributed by atoms with van der Waals surface area (Å²) in [5, 5.41) is 2.69. The number of aromatic amines is 1. The molecule has 0 aromatic carbocycles. The molecule has 7 heteroatoms. The van der Waals surface area contributed by atoms with Crippen molar-refractivity contribution in [1.82, 2.24) is 15.2 Å². The van der Waals surface area contributed by atoms with Crippen LogP contribution in [0, 0.1) is 27.7 Å². The molecule has 1 atom stereocenters. The zero-order valence-electron chi connectivity index (χ0n) is 14.9. The second-order valence-corrected chi connectivity index (χ2v) is 6.69. The Morgan fingerprint density at radius 1 is 1.20 bits per heavy atom.